The third-order valence-corrected chi connectivity index (χ3v) is 6.59. The van der Waals surface area contributed by atoms with E-state index in [0.29, 0.717) is 22.0 Å². The summed E-state index contributed by atoms with van der Waals surface area (Å²) < 4.78 is 14.6. The number of carbonyl (C=O) groups is 1. The number of amides is 1. The van der Waals surface area contributed by atoms with Crippen LogP contribution in [0.3, 0.4) is 0 Å². The highest BCUT2D eigenvalue weighted by Gasteiger charge is 2.19. The first kappa shape index (κ1) is 24.6. The number of hydrogen-bond acceptors (Lipinski definition) is 4. The molecule has 3 aromatic carbocycles. The lowest BCUT2D eigenvalue weighted by atomic mass is 9.95. The summed E-state index contributed by atoms with van der Waals surface area (Å²) in [5, 5.41) is 14.8. The molecule has 7 heteroatoms. The Kier molecular flexibility index (Phi) is 6.54. The number of aliphatic hydroxyl groups is 1. The number of aryl methyl sites for hydroxylation is 1. The second kappa shape index (κ2) is 9.29. The summed E-state index contributed by atoms with van der Waals surface area (Å²) in [4.78, 5) is 16.2. The molecule has 1 atom stereocenters. The number of fused-ring (bicyclic) bond motifs is 1. The molecular formula is C28H27ClFN3O2. The van der Waals surface area contributed by atoms with Gasteiger partial charge in [-0.25, -0.2) is 4.39 Å². The Labute approximate surface area is 208 Å². The Bertz CT molecular complexity index is 1430. The van der Waals surface area contributed by atoms with E-state index in [9.17, 15) is 14.3 Å². The second-order valence-corrected chi connectivity index (χ2v) is 9.60. The molecule has 0 saturated heterocycles. The Balaban J connectivity index is 1.78. The number of halogens is 2. The first-order chi connectivity index (χ1) is 16.5. The van der Waals surface area contributed by atoms with Crippen LogP contribution in [0.25, 0.3) is 22.0 Å². The molecule has 1 aromatic heterocycles. The number of anilines is 1. The number of pyridine rings is 1. The largest absolute Gasteiger partial charge is 0.386 e. The van der Waals surface area contributed by atoms with Crippen LogP contribution >= 0.6 is 11.6 Å². The number of rotatable bonds is 6. The van der Waals surface area contributed by atoms with Crippen molar-refractivity contribution in [3.63, 3.8) is 0 Å². The van der Waals surface area contributed by atoms with Gasteiger partial charge >= 0.3 is 0 Å². The Morgan fingerprint density at radius 1 is 1.09 bits per heavy atom. The molecule has 1 amide bonds. The van der Waals surface area contributed by atoms with Gasteiger partial charge in [-0.15, -0.1) is 0 Å². The highest BCUT2D eigenvalue weighted by atomic mass is 35.5. The quantitative estimate of drug-likeness (QED) is 0.287. The predicted molar refractivity (Wildman–Crippen MR) is 139 cm³/mol. The Morgan fingerprint density at radius 3 is 2.37 bits per heavy atom. The van der Waals surface area contributed by atoms with E-state index < -0.39 is 23.4 Å². The first-order valence-corrected chi connectivity index (χ1v) is 11.6. The minimum Gasteiger partial charge on any atom is -0.386 e. The van der Waals surface area contributed by atoms with Crippen LogP contribution in [0.15, 0.2) is 60.7 Å². The molecular weight excluding hydrogens is 465 g/mol. The number of nitrogens with one attached hydrogen (secondary N) is 1. The van der Waals surface area contributed by atoms with E-state index in [1.165, 1.54) is 18.2 Å². The number of hydrogen-bond donors (Lipinski definition) is 3. The van der Waals surface area contributed by atoms with Gasteiger partial charge in [-0.05, 0) is 74.7 Å². The zero-order valence-corrected chi connectivity index (χ0v) is 20.7. The van der Waals surface area contributed by atoms with Gasteiger partial charge in [0.1, 0.15) is 5.82 Å². The van der Waals surface area contributed by atoms with Crippen LogP contribution in [-0.4, -0.2) is 16.0 Å². The van der Waals surface area contributed by atoms with Crippen LogP contribution in [0.2, 0.25) is 5.02 Å². The van der Waals surface area contributed by atoms with Gasteiger partial charge in [-0.3, -0.25) is 9.78 Å². The lowest BCUT2D eigenvalue weighted by molar-refractivity contribution is 0.0786. The van der Waals surface area contributed by atoms with E-state index in [-0.39, 0.29) is 5.56 Å². The fourth-order valence-electron chi connectivity index (χ4n) is 4.08. The van der Waals surface area contributed by atoms with Crippen molar-refractivity contribution in [1.29, 1.82) is 0 Å². The minimum absolute atomic E-state index is 0.230. The molecule has 0 aliphatic heterocycles. The molecule has 0 spiro atoms. The summed E-state index contributed by atoms with van der Waals surface area (Å²) in [7, 11) is 0. The highest BCUT2D eigenvalue weighted by Crippen LogP contribution is 2.37. The van der Waals surface area contributed by atoms with Crippen molar-refractivity contribution in [1.82, 2.24) is 4.98 Å². The topological polar surface area (TPSA) is 88.2 Å². The summed E-state index contributed by atoms with van der Waals surface area (Å²) in [6.07, 6.45) is 0. The number of nitrogens with two attached hydrogens (primary N) is 1. The van der Waals surface area contributed by atoms with E-state index in [2.05, 4.69) is 10.3 Å². The number of nitrogens with zero attached hydrogens (tertiary/aromatic N) is 1. The van der Waals surface area contributed by atoms with Crippen molar-refractivity contribution in [2.45, 2.75) is 39.3 Å². The molecule has 4 aromatic rings. The molecule has 1 unspecified atom stereocenters. The summed E-state index contributed by atoms with van der Waals surface area (Å²) in [5.74, 6) is -1.07. The molecule has 0 saturated carbocycles. The van der Waals surface area contributed by atoms with E-state index in [1.54, 1.807) is 20.8 Å². The molecule has 0 fully saturated rings. The van der Waals surface area contributed by atoms with Crippen molar-refractivity contribution < 1.29 is 14.3 Å². The van der Waals surface area contributed by atoms with Crippen LogP contribution in [0.1, 0.15) is 54.0 Å². The van der Waals surface area contributed by atoms with Crippen LogP contribution in [0.4, 0.5) is 10.1 Å². The van der Waals surface area contributed by atoms with Gasteiger partial charge in [0, 0.05) is 16.5 Å². The first-order valence-electron chi connectivity index (χ1n) is 11.2. The normalized spacial score (nSPS) is 12.5. The molecule has 180 valence electrons. The summed E-state index contributed by atoms with van der Waals surface area (Å²) >= 11 is 6.67. The molecule has 0 aliphatic carbocycles. The van der Waals surface area contributed by atoms with Gasteiger partial charge in [0.2, 0.25) is 5.91 Å². The fourth-order valence-corrected chi connectivity index (χ4v) is 4.28. The van der Waals surface area contributed by atoms with Crippen LogP contribution in [0, 0.1) is 12.7 Å². The van der Waals surface area contributed by atoms with Crippen molar-refractivity contribution >= 4 is 34.1 Å². The van der Waals surface area contributed by atoms with E-state index in [4.69, 9.17) is 17.3 Å². The average molecular weight is 492 g/mol. The molecule has 0 radical (unpaired) electrons. The molecule has 4 rings (SSSR count). The van der Waals surface area contributed by atoms with Crippen LogP contribution in [0.5, 0.6) is 0 Å². The molecule has 4 N–H and O–H groups in total. The Morgan fingerprint density at radius 2 is 1.74 bits per heavy atom. The van der Waals surface area contributed by atoms with Gasteiger partial charge in [-0.2, -0.15) is 0 Å². The highest BCUT2D eigenvalue weighted by molar-refractivity contribution is 6.35. The maximum absolute atomic E-state index is 14.6. The van der Waals surface area contributed by atoms with E-state index >= 15 is 0 Å². The molecule has 1 heterocycles. The van der Waals surface area contributed by atoms with Crippen molar-refractivity contribution in [3.8, 4) is 11.1 Å². The third-order valence-electron chi connectivity index (χ3n) is 6.12. The fraction of sp³-hybridized carbons (Fsp3) is 0.214. The smallest absolute Gasteiger partial charge is 0.248 e. The zero-order valence-electron chi connectivity index (χ0n) is 20.0. The summed E-state index contributed by atoms with van der Waals surface area (Å²) in [5.41, 5.74) is 9.73. The minimum atomic E-state index is -0.925. The predicted octanol–water partition coefficient (Wildman–Crippen LogP) is 6.50. The molecule has 5 nitrogen and oxygen atoms in total. The van der Waals surface area contributed by atoms with E-state index in [1.807, 2.05) is 49.4 Å². The molecule has 0 aliphatic rings. The number of carbonyl (C=O) groups excluding carboxylic acids is 1. The SMILES string of the molecule is Cc1nc2ccc(-c3ccc(C(C)(C)O)cc3)cc2c(NC(C)c2cc(C(N)=O)ccc2F)c1Cl. The number of primary amides is 1. The summed E-state index contributed by atoms with van der Waals surface area (Å²) in [6, 6.07) is 17.1. The van der Waals surface area contributed by atoms with Gasteiger partial charge in [0.25, 0.3) is 0 Å². The maximum Gasteiger partial charge on any atom is 0.248 e. The zero-order chi connectivity index (χ0) is 25.5. The van der Waals surface area contributed by atoms with Crippen molar-refractivity contribution in [2.24, 2.45) is 5.73 Å². The van der Waals surface area contributed by atoms with Crippen LogP contribution < -0.4 is 11.1 Å². The van der Waals surface area contributed by atoms with E-state index in [0.717, 1.165) is 27.6 Å². The standard InChI is InChI=1S/C28H27ClFN3O2/c1-15(21-14-19(27(31)34)7-11-23(21)30)33-26-22-13-18(8-12-24(22)32-16(2)25(26)29)17-5-9-20(10-6-17)28(3,4)35/h5-15,35H,1-4H3,(H2,31,34)(H,32,33). The Hall–Kier alpha value is -3.48. The van der Waals surface area contributed by atoms with Gasteiger partial charge in [0.05, 0.1) is 33.6 Å². The van der Waals surface area contributed by atoms with Crippen molar-refractivity contribution in [3.05, 3.63) is 93.9 Å². The van der Waals surface area contributed by atoms with Gasteiger partial charge in [0.15, 0.2) is 0 Å². The molecule has 0 bridgehead atoms. The lowest BCUT2D eigenvalue weighted by Gasteiger charge is -2.21. The van der Waals surface area contributed by atoms with Crippen molar-refractivity contribution in [2.75, 3.05) is 5.32 Å². The third kappa shape index (κ3) is 4.99. The average Bonchev–Trinajstić information content (AvgIpc) is 2.81. The summed E-state index contributed by atoms with van der Waals surface area (Å²) in [6.45, 7) is 7.10. The lowest BCUT2D eigenvalue weighted by Crippen LogP contribution is -2.15. The number of aromatic nitrogens is 1. The molecule has 35 heavy (non-hydrogen) atoms. The monoisotopic (exact) mass is 491 g/mol. The second-order valence-electron chi connectivity index (χ2n) is 9.22. The number of benzene rings is 3. The van der Waals surface area contributed by atoms with Crippen LogP contribution in [-0.2, 0) is 5.60 Å². The van der Waals surface area contributed by atoms with Gasteiger partial charge < -0.3 is 16.2 Å². The maximum atomic E-state index is 14.6. The van der Waals surface area contributed by atoms with Gasteiger partial charge in [-0.1, -0.05) is 41.9 Å².